The van der Waals surface area contributed by atoms with Crippen LogP contribution in [0.2, 0.25) is 0 Å². The van der Waals surface area contributed by atoms with E-state index in [2.05, 4.69) is 41.6 Å². The van der Waals surface area contributed by atoms with Crippen LogP contribution >= 0.6 is 0 Å². The van der Waals surface area contributed by atoms with E-state index in [-0.39, 0.29) is 12.5 Å². The summed E-state index contributed by atoms with van der Waals surface area (Å²) < 4.78 is 5.27. The number of hydrogen-bond donors (Lipinski definition) is 2. The summed E-state index contributed by atoms with van der Waals surface area (Å²) in [4.78, 5) is 17.4. The first kappa shape index (κ1) is 18.0. The number of nitrogens with zero attached hydrogens (tertiary/aromatic N) is 3. The Bertz CT molecular complexity index is 494. The van der Waals surface area contributed by atoms with Crippen molar-refractivity contribution in [3.63, 3.8) is 0 Å². The molecule has 1 aromatic rings. The highest BCUT2D eigenvalue weighted by Crippen LogP contribution is 2.13. The second-order valence-electron chi connectivity index (χ2n) is 5.61. The summed E-state index contributed by atoms with van der Waals surface area (Å²) in [5.74, 6) is 1.63. The molecule has 1 heterocycles. The minimum Gasteiger partial charge on any atom is -0.359 e. The monoisotopic (exact) mass is 309 g/mol. The second-order valence-corrected chi connectivity index (χ2v) is 5.61. The normalized spacial score (nSPS) is 11.6. The summed E-state index contributed by atoms with van der Waals surface area (Å²) in [5, 5.41) is 10.3. The van der Waals surface area contributed by atoms with E-state index in [0.29, 0.717) is 18.4 Å². The summed E-state index contributed by atoms with van der Waals surface area (Å²) >= 11 is 0. The maximum absolute atomic E-state index is 11.6. The van der Waals surface area contributed by atoms with E-state index in [1.54, 1.807) is 14.1 Å². The molecule has 2 N–H and O–H groups in total. The smallest absolute Gasteiger partial charge is 0.243 e. The third-order valence-corrected chi connectivity index (χ3v) is 3.01. The molecule has 0 fully saturated rings. The molecule has 0 spiro atoms. The number of hydrogen-bond acceptors (Lipinski definition) is 4. The maximum atomic E-state index is 11.6. The van der Waals surface area contributed by atoms with E-state index in [1.807, 2.05) is 6.07 Å². The molecule has 0 atom stereocenters. The number of likely N-dealkylation sites (N-methyl/N-ethyl adjacent to an activating group) is 1. The van der Waals surface area contributed by atoms with Gasteiger partial charge in [0.15, 0.2) is 11.7 Å². The molecule has 1 amide bonds. The van der Waals surface area contributed by atoms with Gasteiger partial charge in [-0.3, -0.25) is 4.79 Å². The zero-order chi connectivity index (χ0) is 16.5. The molecule has 0 aliphatic carbocycles. The number of aromatic nitrogens is 1. The van der Waals surface area contributed by atoms with Gasteiger partial charge in [-0.1, -0.05) is 25.9 Å². The predicted octanol–water partition coefficient (Wildman–Crippen LogP) is 1.33. The third kappa shape index (κ3) is 6.15. The Morgan fingerprint density at radius 3 is 2.68 bits per heavy atom. The summed E-state index contributed by atoms with van der Waals surface area (Å²) in [6.07, 6.45) is 0.974. The number of amides is 1. The molecule has 0 unspecified atom stereocenters. The van der Waals surface area contributed by atoms with Crippen molar-refractivity contribution >= 4 is 11.9 Å². The standard InChI is InChI=1S/C15H27N5O2/c1-6-7-16-15(18-10-14(21)20(4)5)17-9-12-8-13(11(2)3)19-22-12/h8,11H,6-7,9-10H2,1-5H3,(H2,16,17,18). The van der Waals surface area contributed by atoms with Crippen LogP contribution in [-0.2, 0) is 11.3 Å². The molecule has 7 nitrogen and oxygen atoms in total. The molecular formula is C15H27N5O2. The summed E-state index contributed by atoms with van der Waals surface area (Å²) in [5.41, 5.74) is 0.930. The Labute approximate surface area is 132 Å². The van der Waals surface area contributed by atoms with Gasteiger partial charge in [0, 0.05) is 26.7 Å². The minimum atomic E-state index is -0.0423. The van der Waals surface area contributed by atoms with Crippen molar-refractivity contribution in [2.24, 2.45) is 4.99 Å². The molecular weight excluding hydrogens is 282 g/mol. The Morgan fingerprint density at radius 1 is 1.41 bits per heavy atom. The van der Waals surface area contributed by atoms with E-state index < -0.39 is 0 Å². The number of rotatable bonds is 7. The van der Waals surface area contributed by atoms with Gasteiger partial charge in [-0.2, -0.15) is 0 Å². The average molecular weight is 309 g/mol. The average Bonchev–Trinajstić information content (AvgIpc) is 2.95. The molecule has 0 saturated carbocycles. The SMILES string of the molecule is CCCNC(=NCC(=O)N(C)C)NCc1cc(C(C)C)no1. The zero-order valence-corrected chi connectivity index (χ0v) is 14.1. The van der Waals surface area contributed by atoms with E-state index in [9.17, 15) is 4.79 Å². The molecule has 22 heavy (non-hydrogen) atoms. The lowest BCUT2D eigenvalue weighted by molar-refractivity contribution is -0.127. The molecule has 0 radical (unpaired) electrons. The summed E-state index contributed by atoms with van der Waals surface area (Å²) in [6.45, 7) is 7.58. The van der Waals surface area contributed by atoms with E-state index >= 15 is 0 Å². The first-order chi connectivity index (χ1) is 10.4. The van der Waals surface area contributed by atoms with E-state index in [0.717, 1.165) is 24.4 Å². The van der Waals surface area contributed by atoms with Crippen LogP contribution in [0.3, 0.4) is 0 Å². The van der Waals surface area contributed by atoms with Gasteiger partial charge in [-0.25, -0.2) is 4.99 Å². The molecule has 0 aromatic carbocycles. The van der Waals surface area contributed by atoms with Crippen molar-refractivity contribution in [1.29, 1.82) is 0 Å². The topological polar surface area (TPSA) is 82.8 Å². The first-order valence-electron chi connectivity index (χ1n) is 7.61. The molecule has 1 rings (SSSR count). The lowest BCUT2D eigenvalue weighted by Crippen LogP contribution is -2.38. The van der Waals surface area contributed by atoms with Crippen molar-refractivity contribution in [2.45, 2.75) is 39.7 Å². The lowest BCUT2D eigenvalue weighted by atomic mass is 10.1. The van der Waals surface area contributed by atoms with Crippen molar-refractivity contribution in [2.75, 3.05) is 27.2 Å². The van der Waals surface area contributed by atoms with Crippen LogP contribution in [0.4, 0.5) is 0 Å². The fourth-order valence-corrected chi connectivity index (χ4v) is 1.56. The van der Waals surface area contributed by atoms with Crippen molar-refractivity contribution in [3.05, 3.63) is 17.5 Å². The molecule has 0 saturated heterocycles. The Hall–Kier alpha value is -2.05. The fraction of sp³-hybridized carbons (Fsp3) is 0.667. The van der Waals surface area contributed by atoms with Crippen LogP contribution in [0, 0.1) is 0 Å². The number of carbonyl (C=O) groups is 1. The molecule has 0 aliphatic heterocycles. The van der Waals surface area contributed by atoms with Gasteiger partial charge in [0.05, 0.1) is 12.2 Å². The highest BCUT2D eigenvalue weighted by molar-refractivity contribution is 5.84. The van der Waals surface area contributed by atoms with Crippen LogP contribution in [-0.4, -0.2) is 49.1 Å². The molecule has 1 aromatic heterocycles. The number of carbonyl (C=O) groups excluding carboxylic acids is 1. The van der Waals surface area contributed by atoms with E-state index in [1.165, 1.54) is 4.90 Å². The third-order valence-electron chi connectivity index (χ3n) is 3.01. The van der Waals surface area contributed by atoms with Gasteiger partial charge in [0.2, 0.25) is 5.91 Å². The van der Waals surface area contributed by atoms with Crippen LogP contribution in [0.1, 0.15) is 44.6 Å². The molecule has 0 bridgehead atoms. The Morgan fingerprint density at radius 2 is 2.14 bits per heavy atom. The van der Waals surface area contributed by atoms with Gasteiger partial charge in [0.1, 0.15) is 6.54 Å². The van der Waals surface area contributed by atoms with Crippen molar-refractivity contribution < 1.29 is 9.32 Å². The first-order valence-corrected chi connectivity index (χ1v) is 7.61. The molecule has 7 heteroatoms. The van der Waals surface area contributed by atoms with Crippen LogP contribution in [0.5, 0.6) is 0 Å². The largest absolute Gasteiger partial charge is 0.359 e. The van der Waals surface area contributed by atoms with Gasteiger partial charge < -0.3 is 20.1 Å². The van der Waals surface area contributed by atoms with Gasteiger partial charge in [-0.15, -0.1) is 0 Å². The quantitative estimate of drug-likeness (QED) is 0.586. The highest BCUT2D eigenvalue weighted by Gasteiger charge is 2.09. The minimum absolute atomic E-state index is 0.0423. The Kier molecular flexibility index (Phi) is 7.42. The lowest BCUT2D eigenvalue weighted by Gasteiger charge is -2.12. The number of guanidine groups is 1. The van der Waals surface area contributed by atoms with Crippen LogP contribution in [0.15, 0.2) is 15.6 Å². The fourth-order valence-electron chi connectivity index (χ4n) is 1.56. The van der Waals surface area contributed by atoms with Crippen LogP contribution < -0.4 is 10.6 Å². The van der Waals surface area contributed by atoms with E-state index in [4.69, 9.17) is 4.52 Å². The van der Waals surface area contributed by atoms with Gasteiger partial charge in [0.25, 0.3) is 0 Å². The number of aliphatic imine (C=N–C) groups is 1. The van der Waals surface area contributed by atoms with Crippen LogP contribution in [0.25, 0.3) is 0 Å². The predicted molar refractivity (Wildman–Crippen MR) is 86.7 cm³/mol. The van der Waals surface area contributed by atoms with Gasteiger partial charge in [-0.05, 0) is 12.3 Å². The molecule has 124 valence electrons. The summed E-state index contributed by atoms with van der Waals surface area (Å²) in [6, 6.07) is 1.93. The van der Waals surface area contributed by atoms with Crippen molar-refractivity contribution in [1.82, 2.24) is 20.7 Å². The zero-order valence-electron chi connectivity index (χ0n) is 14.1. The molecule has 0 aliphatic rings. The summed E-state index contributed by atoms with van der Waals surface area (Å²) in [7, 11) is 3.43. The Balaban J connectivity index is 2.59. The van der Waals surface area contributed by atoms with Gasteiger partial charge >= 0.3 is 0 Å². The maximum Gasteiger partial charge on any atom is 0.243 e. The highest BCUT2D eigenvalue weighted by atomic mass is 16.5. The van der Waals surface area contributed by atoms with Crippen molar-refractivity contribution in [3.8, 4) is 0 Å². The second kappa shape index (κ2) is 9.07. The number of nitrogens with one attached hydrogen (secondary N) is 2.